The monoisotopic (exact) mass is 184 g/mol. The zero-order chi connectivity index (χ0) is 9.84. The van der Waals surface area contributed by atoms with Gasteiger partial charge in [0, 0.05) is 13.1 Å². The first-order valence-corrected chi connectivity index (χ1v) is 5.18. The van der Waals surface area contributed by atoms with E-state index < -0.39 is 0 Å². The average molecular weight is 184 g/mol. The van der Waals surface area contributed by atoms with E-state index in [1.54, 1.807) is 0 Å². The summed E-state index contributed by atoms with van der Waals surface area (Å²) in [6, 6.07) is 0. The van der Waals surface area contributed by atoms with Crippen molar-refractivity contribution < 1.29 is 4.79 Å². The summed E-state index contributed by atoms with van der Waals surface area (Å²) >= 11 is 0. The Hall–Kier alpha value is -0.570. The van der Waals surface area contributed by atoms with E-state index in [4.69, 9.17) is 5.73 Å². The molecule has 3 nitrogen and oxygen atoms in total. The van der Waals surface area contributed by atoms with Gasteiger partial charge >= 0.3 is 0 Å². The van der Waals surface area contributed by atoms with Gasteiger partial charge in [0.1, 0.15) is 0 Å². The van der Waals surface area contributed by atoms with Gasteiger partial charge in [-0.1, -0.05) is 26.7 Å². The third-order valence-corrected chi connectivity index (χ3v) is 3.08. The molecule has 3 heteroatoms. The third-order valence-electron chi connectivity index (χ3n) is 3.08. The first-order chi connectivity index (χ1) is 6.17. The van der Waals surface area contributed by atoms with Crippen LogP contribution < -0.4 is 5.73 Å². The van der Waals surface area contributed by atoms with Crippen molar-refractivity contribution in [2.45, 2.75) is 26.7 Å². The van der Waals surface area contributed by atoms with E-state index in [0.717, 1.165) is 24.9 Å². The lowest BCUT2D eigenvalue weighted by Crippen LogP contribution is -2.52. The van der Waals surface area contributed by atoms with Gasteiger partial charge in [-0.25, -0.2) is 0 Å². The summed E-state index contributed by atoms with van der Waals surface area (Å²) in [4.78, 5) is 12.7. The minimum Gasteiger partial charge on any atom is -0.369 e. The molecule has 76 valence electrons. The molecule has 1 fully saturated rings. The van der Waals surface area contributed by atoms with Crippen LogP contribution in [0.5, 0.6) is 0 Å². The molecule has 1 amide bonds. The van der Waals surface area contributed by atoms with Crippen LogP contribution in [0.25, 0.3) is 0 Å². The van der Waals surface area contributed by atoms with Crippen LogP contribution in [0.1, 0.15) is 26.7 Å². The Morgan fingerprint density at radius 3 is 2.38 bits per heavy atom. The van der Waals surface area contributed by atoms with E-state index in [-0.39, 0.29) is 5.91 Å². The van der Waals surface area contributed by atoms with Gasteiger partial charge in [0.2, 0.25) is 5.91 Å². The Kier molecular flexibility index (Phi) is 3.72. The summed E-state index contributed by atoms with van der Waals surface area (Å²) in [5, 5.41) is 0. The predicted octanol–water partition coefficient (Wildman–Crippen LogP) is 0.840. The van der Waals surface area contributed by atoms with E-state index in [1.807, 2.05) is 0 Å². The van der Waals surface area contributed by atoms with Gasteiger partial charge in [0.05, 0.1) is 6.54 Å². The molecule has 13 heavy (non-hydrogen) atoms. The van der Waals surface area contributed by atoms with Gasteiger partial charge in [-0.2, -0.15) is 0 Å². The van der Waals surface area contributed by atoms with Gasteiger partial charge in [-0.3, -0.25) is 9.69 Å². The second kappa shape index (κ2) is 4.61. The molecule has 0 atom stereocenters. The van der Waals surface area contributed by atoms with Crippen molar-refractivity contribution in [1.82, 2.24) is 4.90 Å². The molecule has 0 bridgehead atoms. The number of rotatable bonds is 5. The first-order valence-electron chi connectivity index (χ1n) is 5.18. The number of carbonyl (C=O) groups is 1. The summed E-state index contributed by atoms with van der Waals surface area (Å²) in [5.74, 6) is 1.43. The summed E-state index contributed by atoms with van der Waals surface area (Å²) in [7, 11) is 0. The van der Waals surface area contributed by atoms with Gasteiger partial charge < -0.3 is 5.73 Å². The summed E-state index contributed by atoms with van der Waals surface area (Å²) in [6.45, 7) is 7.05. The van der Waals surface area contributed by atoms with Crippen LogP contribution in [-0.2, 0) is 4.79 Å². The van der Waals surface area contributed by atoms with Crippen LogP contribution in [-0.4, -0.2) is 30.4 Å². The number of amides is 1. The van der Waals surface area contributed by atoms with Gasteiger partial charge in [0.15, 0.2) is 0 Å². The minimum absolute atomic E-state index is 0.206. The van der Waals surface area contributed by atoms with Crippen LogP contribution >= 0.6 is 0 Å². The molecule has 0 aromatic rings. The van der Waals surface area contributed by atoms with Crippen LogP contribution in [0.4, 0.5) is 0 Å². The highest BCUT2D eigenvalue weighted by Gasteiger charge is 2.31. The third kappa shape index (κ3) is 2.69. The fourth-order valence-corrected chi connectivity index (χ4v) is 2.21. The number of hydrogen-bond donors (Lipinski definition) is 1. The average Bonchev–Trinajstić information content (AvgIpc) is 2.01. The Balaban J connectivity index is 2.20. The molecular formula is C10H20N2O. The van der Waals surface area contributed by atoms with Crippen molar-refractivity contribution in [3.05, 3.63) is 0 Å². The Labute approximate surface area is 80.3 Å². The number of nitrogens with two attached hydrogens (primary N) is 1. The zero-order valence-electron chi connectivity index (χ0n) is 8.62. The van der Waals surface area contributed by atoms with Crippen LogP contribution in [0.3, 0.4) is 0 Å². The lowest BCUT2D eigenvalue weighted by molar-refractivity contribution is -0.121. The van der Waals surface area contributed by atoms with E-state index in [1.165, 1.54) is 12.8 Å². The topological polar surface area (TPSA) is 46.3 Å². The number of carbonyl (C=O) groups excluding carboxylic acids is 1. The highest BCUT2D eigenvalue weighted by Crippen LogP contribution is 2.27. The number of nitrogens with zero attached hydrogens (tertiary/aromatic N) is 1. The van der Waals surface area contributed by atoms with E-state index in [0.29, 0.717) is 6.54 Å². The minimum atomic E-state index is -0.206. The Morgan fingerprint density at radius 2 is 2.00 bits per heavy atom. The summed E-state index contributed by atoms with van der Waals surface area (Å²) < 4.78 is 0. The maximum Gasteiger partial charge on any atom is 0.231 e. The van der Waals surface area contributed by atoms with Crippen molar-refractivity contribution >= 4 is 5.91 Å². The van der Waals surface area contributed by atoms with Gasteiger partial charge in [-0.15, -0.1) is 0 Å². The molecule has 0 unspecified atom stereocenters. The molecule has 0 aromatic carbocycles. The standard InChI is InChI=1S/C10H20N2O/c1-3-8(4-2)9-5-12(6-9)7-10(11)13/h8-9H,3-7H2,1-2H3,(H2,11,13). The number of hydrogen-bond acceptors (Lipinski definition) is 2. The van der Waals surface area contributed by atoms with Crippen molar-refractivity contribution in [3.8, 4) is 0 Å². The van der Waals surface area contributed by atoms with Crippen LogP contribution in [0.15, 0.2) is 0 Å². The Bertz CT molecular complexity index is 172. The highest BCUT2D eigenvalue weighted by molar-refractivity contribution is 5.76. The Morgan fingerprint density at radius 1 is 1.46 bits per heavy atom. The normalized spacial score (nSPS) is 19.0. The fourth-order valence-electron chi connectivity index (χ4n) is 2.21. The molecule has 0 radical (unpaired) electrons. The fraction of sp³-hybridized carbons (Fsp3) is 0.900. The van der Waals surface area contributed by atoms with Crippen molar-refractivity contribution in [2.75, 3.05) is 19.6 Å². The molecule has 0 saturated carbocycles. The van der Waals surface area contributed by atoms with E-state index in [2.05, 4.69) is 18.7 Å². The van der Waals surface area contributed by atoms with Crippen LogP contribution in [0, 0.1) is 11.8 Å². The zero-order valence-corrected chi connectivity index (χ0v) is 8.62. The smallest absolute Gasteiger partial charge is 0.231 e. The molecule has 0 spiro atoms. The maximum atomic E-state index is 10.6. The van der Waals surface area contributed by atoms with Crippen molar-refractivity contribution in [2.24, 2.45) is 17.6 Å². The lowest BCUT2D eigenvalue weighted by atomic mass is 9.82. The molecule has 1 saturated heterocycles. The molecule has 1 aliphatic heterocycles. The molecular weight excluding hydrogens is 164 g/mol. The first kappa shape index (κ1) is 10.5. The SMILES string of the molecule is CCC(CC)C1CN(CC(N)=O)C1. The largest absolute Gasteiger partial charge is 0.369 e. The second-order valence-corrected chi connectivity index (χ2v) is 4.00. The second-order valence-electron chi connectivity index (χ2n) is 4.00. The molecule has 1 heterocycles. The maximum absolute atomic E-state index is 10.6. The summed E-state index contributed by atoms with van der Waals surface area (Å²) in [6.07, 6.45) is 2.51. The number of likely N-dealkylation sites (tertiary alicyclic amines) is 1. The molecule has 1 aliphatic rings. The van der Waals surface area contributed by atoms with E-state index in [9.17, 15) is 4.79 Å². The quantitative estimate of drug-likeness (QED) is 0.688. The molecule has 2 N–H and O–H groups in total. The van der Waals surface area contributed by atoms with Crippen molar-refractivity contribution in [3.63, 3.8) is 0 Å². The van der Waals surface area contributed by atoms with Crippen LogP contribution in [0.2, 0.25) is 0 Å². The van der Waals surface area contributed by atoms with Gasteiger partial charge in [0.25, 0.3) is 0 Å². The lowest BCUT2D eigenvalue weighted by Gasteiger charge is -2.42. The highest BCUT2D eigenvalue weighted by atomic mass is 16.1. The van der Waals surface area contributed by atoms with Crippen molar-refractivity contribution in [1.29, 1.82) is 0 Å². The number of primary amides is 1. The molecule has 0 aromatic heterocycles. The molecule has 0 aliphatic carbocycles. The van der Waals surface area contributed by atoms with Gasteiger partial charge in [-0.05, 0) is 11.8 Å². The van der Waals surface area contributed by atoms with E-state index >= 15 is 0 Å². The predicted molar refractivity (Wildman–Crippen MR) is 53.2 cm³/mol. The summed E-state index contributed by atoms with van der Waals surface area (Å²) in [5.41, 5.74) is 5.11. The molecule has 1 rings (SSSR count).